The van der Waals surface area contributed by atoms with Crippen LogP contribution in [0.4, 0.5) is 5.69 Å². The first-order valence-electron chi connectivity index (χ1n) is 9.64. The lowest BCUT2D eigenvalue weighted by molar-refractivity contribution is -0.122. The van der Waals surface area contributed by atoms with Crippen LogP contribution >= 0.6 is 0 Å². The summed E-state index contributed by atoms with van der Waals surface area (Å²) in [5.74, 6) is -0.336. The van der Waals surface area contributed by atoms with Crippen LogP contribution in [0.2, 0.25) is 0 Å². The molecule has 0 aromatic heterocycles. The van der Waals surface area contributed by atoms with Crippen LogP contribution < -0.4 is 9.62 Å². The predicted octanol–water partition coefficient (Wildman–Crippen LogP) is 3.84. The van der Waals surface area contributed by atoms with Gasteiger partial charge < -0.3 is 5.32 Å². The number of nitrogens with zero attached hydrogens (tertiary/aromatic N) is 1. The van der Waals surface area contributed by atoms with E-state index in [4.69, 9.17) is 0 Å². The van der Waals surface area contributed by atoms with Crippen molar-refractivity contribution in [2.45, 2.75) is 52.6 Å². The van der Waals surface area contributed by atoms with Crippen LogP contribution in [-0.2, 0) is 27.7 Å². The fraction of sp³-hybridized carbons (Fsp3) is 0.409. The molecule has 28 heavy (non-hydrogen) atoms. The van der Waals surface area contributed by atoms with Gasteiger partial charge in [-0.3, -0.25) is 9.10 Å². The van der Waals surface area contributed by atoms with Crippen LogP contribution in [-0.4, -0.2) is 26.6 Å². The molecule has 0 unspecified atom stereocenters. The van der Waals surface area contributed by atoms with Crippen LogP contribution in [0.1, 0.15) is 50.4 Å². The highest BCUT2D eigenvalue weighted by Crippen LogP contribution is 2.22. The van der Waals surface area contributed by atoms with Crippen molar-refractivity contribution in [1.29, 1.82) is 0 Å². The Kier molecular flexibility index (Phi) is 7.24. The molecule has 2 rings (SSSR count). The summed E-state index contributed by atoms with van der Waals surface area (Å²) in [7, 11) is -3.62. The number of benzene rings is 2. The number of hydrogen-bond acceptors (Lipinski definition) is 3. The number of carbonyl (C=O) groups excluding carboxylic acids is 1. The smallest absolute Gasteiger partial charge is 0.244 e. The van der Waals surface area contributed by atoms with Crippen LogP contribution in [0.3, 0.4) is 0 Å². The summed E-state index contributed by atoms with van der Waals surface area (Å²) < 4.78 is 26.0. The van der Waals surface area contributed by atoms with E-state index in [2.05, 4.69) is 12.2 Å². The van der Waals surface area contributed by atoms with Crippen molar-refractivity contribution < 1.29 is 13.2 Å². The molecule has 6 heteroatoms. The zero-order valence-corrected chi connectivity index (χ0v) is 18.1. The Hall–Kier alpha value is -2.34. The minimum Gasteiger partial charge on any atom is -0.348 e. The van der Waals surface area contributed by atoms with Crippen molar-refractivity contribution in [2.24, 2.45) is 0 Å². The van der Waals surface area contributed by atoms with Gasteiger partial charge in [0, 0.05) is 0 Å². The Morgan fingerprint density at radius 3 is 1.82 bits per heavy atom. The quantitative estimate of drug-likeness (QED) is 0.729. The number of rotatable bonds is 8. The Balaban J connectivity index is 2.20. The van der Waals surface area contributed by atoms with Crippen molar-refractivity contribution in [1.82, 2.24) is 5.32 Å². The van der Waals surface area contributed by atoms with Gasteiger partial charge in [0.05, 0.1) is 18.0 Å². The van der Waals surface area contributed by atoms with Gasteiger partial charge in [0.25, 0.3) is 0 Å². The molecular formula is C22H30N2O3S. The molecule has 2 atom stereocenters. The predicted molar refractivity (Wildman–Crippen MR) is 115 cm³/mol. The average molecular weight is 403 g/mol. The minimum absolute atomic E-state index is 0.218. The topological polar surface area (TPSA) is 66.5 Å². The van der Waals surface area contributed by atoms with Gasteiger partial charge in [0.2, 0.25) is 15.9 Å². The third-order valence-corrected chi connectivity index (χ3v) is 6.18. The molecule has 0 fully saturated rings. The minimum atomic E-state index is -3.62. The second-order valence-electron chi connectivity index (χ2n) is 7.08. The summed E-state index contributed by atoms with van der Waals surface area (Å²) in [4.78, 5) is 12.8. The number of amides is 1. The van der Waals surface area contributed by atoms with Crippen molar-refractivity contribution in [3.63, 3.8) is 0 Å². The van der Waals surface area contributed by atoms with Crippen LogP contribution in [0.15, 0.2) is 48.5 Å². The van der Waals surface area contributed by atoms with Gasteiger partial charge in [-0.2, -0.15) is 0 Å². The zero-order valence-electron chi connectivity index (χ0n) is 17.3. The number of aryl methyl sites for hydroxylation is 2. The Labute approximate surface area is 168 Å². The van der Waals surface area contributed by atoms with E-state index in [1.54, 1.807) is 19.1 Å². The highest BCUT2D eigenvalue weighted by atomic mass is 32.2. The summed E-state index contributed by atoms with van der Waals surface area (Å²) in [6, 6.07) is 14.3. The lowest BCUT2D eigenvalue weighted by Crippen LogP contribution is -2.48. The van der Waals surface area contributed by atoms with Crippen molar-refractivity contribution in [3.8, 4) is 0 Å². The van der Waals surface area contributed by atoms with Gasteiger partial charge in [-0.05, 0) is 55.5 Å². The van der Waals surface area contributed by atoms with E-state index in [9.17, 15) is 13.2 Å². The Morgan fingerprint density at radius 1 is 0.929 bits per heavy atom. The summed E-state index contributed by atoms with van der Waals surface area (Å²) in [6.45, 7) is 7.63. The molecule has 0 aliphatic heterocycles. The van der Waals surface area contributed by atoms with E-state index in [-0.39, 0.29) is 11.9 Å². The standard InChI is InChI=1S/C22H30N2O3S/c1-6-18-8-12-20(13-9-18)16(3)23-22(25)17(4)24(28(5,26)27)21-14-10-19(7-2)11-15-21/h8-17H,6-7H2,1-5H3,(H,23,25)/t16-,17-/m1/s1. The van der Waals surface area contributed by atoms with Crippen molar-refractivity contribution in [2.75, 3.05) is 10.6 Å². The summed E-state index contributed by atoms with van der Waals surface area (Å²) in [6.07, 6.45) is 2.94. The van der Waals surface area contributed by atoms with Gasteiger partial charge in [-0.15, -0.1) is 0 Å². The maximum Gasteiger partial charge on any atom is 0.244 e. The summed E-state index contributed by atoms with van der Waals surface area (Å²) in [5.41, 5.74) is 3.81. The maximum atomic E-state index is 12.8. The maximum absolute atomic E-state index is 12.8. The lowest BCUT2D eigenvalue weighted by Gasteiger charge is -2.29. The van der Waals surface area contributed by atoms with E-state index < -0.39 is 16.1 Å². The first-order chi connectivity index (χ1) is 13.2. The Morgan fingerprint density at radius 2 is 1.39 bits per heavy atom. The lowest BCUT2D eigenvalue weighted by atomic mass is 10.0. The average Bonchev–Trinajstić information content (AvgIpc) is 2.67. The molecule has 5 nitrogen and oxygen atoms in total. The third kappa shape index (κ3) is 5.35. The van der Waals surface area contributed by atoms with Gasteiger partial charge in [0.1, 0.15) is 6.04 Å². The van der Waals surface area contributed by atoms with Gasteiger partial charge in [-0.1, -0.05) is 50.2 Å². The monoisotopic (exact) mass is 402 g/mol. The molecule has 152 valence electrons. The normalized spacial score (nSPS) is 13.6. The third-order valence-electron chi connectivity index (χ3n) is 4.93. The summed E-state index contributed by atoms with van der Waals surface area (Å²) in [5, 5.41) is 2.93. The van der Waals surface area contributed by atoms with Crippen LogP contribution in [0, 0.1) is 0 Å². The zero-order chi connectivity index (χ0) is 20.9. The number of carbonyl (C=O) groups is 1. The molecule has 0 heterocycles. The molecule has 0 spiro atoms. The molecule has 0 bridgehead atoms. The Bertz CT molecular complexity index is 890. The van der Waals surface area contributed by atoms with Gasteiger partial charge in [-0.25, -0.2) is 8.42 Å². The molecule has 0 aliphatic rings. The van der Waals surface area contributed by atoms with Crippen molar-refractivity contribution in [3.05, 3.63) is 65.2 Å². The molecule has 0 saturated heterocycles. The van der Waals surface area contributed by atoms with E-state index in [0.29, 0.717) is 5.69 Å². The first kappa shape index (κ1) is 22.0. The van der Waals surface area contributed by atoms with E-state index >= 15 is 0 Å². The number of nitrogens with one attached hydrogen (secondary N) is 1. The fourth-order valence-electron chi connectivity index (χ4n) is 3.15. The highest BCUT2D eigenvalue weighted by Gasteiger charge is 2.29. The second kappa shape index (κ2) is 9.24. The van der Waals surface area contributed by atoms with Crippen LogP contribution in [0.5, 0.6) is 0 Å². The SMILES string of the molecule is CCc1ccc([C@@H](C)NC(=O)[C@@H](C)N(c2ccc(CC)cc2)S(C)(=O)=O)cc1. The molecule has 1 amide bonds. The van der Waals surface area contributed by atoms with Crippen LogP contribution in [0.25, 0.3) is 0 Å². The molecule has 0 saturated carbocycles. The summed E-state index contributed by atoms with van der Waals surface area (Å²) >= 11 is 0. The molecule has 0 radical (unpaired) electrons. The van der Waals surface area contributed by atoms with Crippen molar-refractivity contribution >= 4 is 21.6 Å². The molecule has 2 aromatic rings. The molecule has 1 N–H and O–H groups in total. The molecule has 0 aliphatic carbocycles. The number of sulfonamides is 1. The first-order valence-corrected chi connectivity index (χ1v) is 11.5. The van der Waals surface area contributed by atoms with E-state index in [1.165, 1.54) is 9.87 Å². The second-order valence-corrected chi connectivity index (χ2v) is 8.94. The van der Waals surface area contributed by atoms with E-state index in [0.717, 1.165) is 30.2 Å². The van der Waals surface area contributed by atoms with Gasteiger partial charge in [0.15, 0.2) is 0 Å². The van der Waals surface area contributed by atoms with Gasteiger partial charge >= 0.3 is 0 Å². The molecule has 2 aromatic carbocycles. The largest absolute Gasteiger partial charge is 0.348 e. The fourth-order valence-corrected chi connectivity index (χ4v) is 4.32. The highest BCUT2D eigenvalue weighted by molar-refractivity contribution is 7.92. The number of anilines is 1. The number of hydrogen-bond donors (Lipinski definition) is 1. The molecular weight excluding hydrogens is 372 g/mol. The van der Waals surface area contributed by atoms with E-state index in [1.807, 2.05) is 50.2 Å².